The summed E-state index contributed by atoms with van der Waals surface area (Å²) in [7, 11) is 0. The molecule has 186 valence electrons. The molecule has 1 heterocycles. The van der Waals surface area contributed by atoms with Crippen LogP contribution >= 0.6 is 0 Å². The molecule has 36 heavy (non-hydrogen) atoms. The summed E-state index contributed by atoms with van der Waals surface area (Å²) in [6.07, 6.45) is 0. The fourth-order valence-electron chi connectivity index (χ4n) is 3.59. The number of rotatable bonds is 12. The number of anilines is 1. The molecule has 8 heteroatoms. The Labute approximate surface area is 210 Å². The first-order valence-corrected chi connectivity index (χ1v) is 11.9. The molecule has 4 rings (SSSR count). The Kier molecular flexibility index (Phi) is 8.80. The second-order valence-corrected chi connectivity index (χ2v) is 8.06. The van der Waals surface area contributed by atoms with Gasteiger partial charge in [-0.3, -0.25) is 4.79 Å². The third kappa shape index (κ3) is 6.78. The number of benzene rings is 3. The zero-order valence-electron chi connectivity index (χ0n) is 20.5. The molecule has 0 atom stereocenters. The van der Waals surface area contributed by atoms with Gasteiger partial charge in [-0.1, -0.05) is 54.6 Å². The van der Waals surface area contributed by atoms with E-state index in [0.717, 1.165) is 22.4 Å². The third-order valence-electron chi connectivity index (χ3n) is 5.38. The number of aromatic nitrogens is 3. The minimum Gasteiger partial charge on any atom is -0.460 e. The van der Waals surface area contributed by atoms with Crippen LogP contribution in [0.25, 0.3) is 17.1 Å². The Bertz CT molecular complexity index is 1260. The lowest BCUT2D eigenvalue weighted by Crippen LogP contribution is -2.18. The van der Waals surface area contributed by atoms with Gasteiger partial charge in [-0.25, -0.2) is 4.68 Å². The Morgan fingerprint density at radius 1 is 0.917 bits per heavy atom. The zero-order valence-corrected chi connectivity index (χ0v) is 20.5. The Morgan fingerprint density at radius 3 is 2.42 bits per heavy atom. The minimum atomic E-state index is -0.218. The number of carbonyl (C=O) groups excluding carboxylic acids is 1. The summed E-state index contributed by atoms with van der Waals surface area (Å²) in [6.45, 7) is 5.78. The molecule has 1 amide bonds. The fraction of sp³-hybridized carbons (Fsp3) is 0.250. The summed E-state index contributed by atoms with van der Waals surface area (Å²) < 4.78 is 18.3. The molecule has 1 N–H and O–H groups in total. The number of nitrogens with zero attached hydrogens (tertiary/aromatic N) is 3. The Hall–Kier alpha value is -4.01. The van der Waals surface area contributed by atoms with E-state index in [1.54, 1.807) is 4.68 Å². The standard InChI is InChI=1S/C28H30N4O4/c1-3-34-17-18-36-28-30-27(25-12-8-7-9-21(25)2)32(31-28)24-15-13-23(14-16-24)29-26(33)20-35-19-22-10-5-4-6-11-22/h4-16H,3,17-20H2,1-2H3,(H,29,33). The van der Waals surface area contributed by atoms with Crippen molar-refractivity contribution in [3.05, 3.63) is 90.0 Å². The molecular formula is C28H30N4O4. The van der Waals surface area contributed by atoms with Crippen LogP contribution in [0.15, 0.2) is 78.9 Å². The van der Waals surface area contributed by atoms with E-state index in [-0.39, 0.29) is 18.5 Å². The maximum Gasteiger partial charge on any atom is 0.336 e. The number of carbonyl (C=O) groups is 1. The lowest BCUT2D eigenvalue weighted by Gasteiger charge is -2.10. The highest BCUT2D eigenvalue weighted by molar-refractivity contribution is 5.91. The maximum absolute atomic E-state index is 12.3. The predicted octanol–water partition coefficient (Wildman–Crippen LogP) is 4.81. The first-order valence-electron chi connectivity index (χ1n) is 11.9. The molecule has 0 aliphatic rings. The monoisotopic (exact) mass is 486 g/mol. The summed E-state index contributed by atoms with van der Waals surface area (Å²) in [5.74, 6) is 0.454. The van der Waals surface area contributed by atoms with E-state index < -0.39 is 0 Å². The summed E-state index contributed by atoms with van der Waals surface area (Å²) >= 11 is 0. The Morgan fingerprint density at radius 2 is 1.67 bits per heavy atom. The second kappa shape index (κ2) is 12.6. The van der Waals surface area contributed by atoms with Crippen LogP contribution in [0.3, 0.4) is 0 Å². The van der Waals surface area contributed by atoms with Crippen LogP contribution in [0.5, 0.6) is 6.01 Å². The van der Waals surface area contributed by atoms with Crippen LogP contribution in [0.1, 0.15) is 18.1 Å². The van der Waals surface area contributed by atoms with Crippen molar-refractivity contribution >= 4 is 11.6 Å². The van der Waals surface area contributed by atoms with Gasteiger partial charge in [0.1, 0.15) is 13.2 Å². The predicted molar refractivity (Wildman–Crippen MR) is 138 cm³/mol. The molecular weight excluding hydrogens is 456 g/mol. The van der Waals surface area contributed by atoms with Crippen LogP contribution in [0.2, 0.25) is 0 Å². The first kappa shape index (κ1) is 25.1. The number of nitrogens with one attached hydrogen (secondary N) is 1. The summed E-state index contributed by atoms with van der Waals surface area (Å²) in [6, 6.07) is 25.4. The number of amides is 1. The zero-order chi connectivity index (χ0) is 25.2. The van der Waals surface area contributed by atoms with Crippen molar-refractivity contribution in [1.82, 2.24) is 14.8 Å². The minimum absolute atomic E-state index is 0.0282. The molecule has 0 aliphatic heterocycles. The van der Waals surface area contributed by atoms with Crippen LogP contribution in [0.4, 0.5) is 5.69 Å². The third-order valence-corrected chi connectivity index (χ3v) is 5.38. The molecule has 4 aromatic rings. The first-order chi connectivity index (χ1) is 17.6. The quantitative estimate of drug-likeness (QED) is 0.289. The van der Waals surface area contributed by atoms with Crippen molar-refractivity contribution in [2.45, 2.75) is 20.5 Å². The van der Waals surface area contributed by atoms with Crippen molar-refractivity contribution in [2.24, 2.45) is 0 Å². The Balaban J connectivity index is 1.44. The smallest absolute Gasteiger partial charge is 0.336 e. The highest BCUT2D eigenvalue weighted by Crippen LogP contribution is 2.26. The lowest BCUT2D eigenvalue weighted by molar-refractivity contribution is -0.121. The molecule has 0 aliphatic carbocycles. The van der Waals surface area contributed by atoms with E-state index in [1.165, 1.54) is 0 Å². The van der Waals surface area contributed by atoms with Crippen molar-refractivity contribution in [1.29, 1.82) is 0 Å². The topological polar surface area (TPSA) is 87.5 Å². The van der Waals surface area contributed by atoms with Gasteiger partial charge >= 0.3 is 6.01 Å². The van der Waals surface area contributed by atoms with Gasteiger partial charge in [-0.2, -0.15) is 4.98 Å². The van der Waals surface area contributed by atoms with E-state index in [2.05, 4.69) is 15.4 Å². The molecule has 0 fully saturated rings. The van der Waals surface area contributed by atoms with Gasteiger partial charge in [0, 0.05) is 17.9 Å². The van der Waals surface area contributed by atoms with E-state index in [0.29, 0.717) is 37.9 Å². The average Bonchev–Trinajstić information content (AvgIpc) is 3.32. The highest BCUT2D eigenvalue weighted by atomic mass is 16.5. The van der Waals surface area contributed by atoms with Crippen molar-refractivity contribution < 1.29 is 19.0 Å². The van der Waals surface area contributed by atoms with E-state index >= 15 is 0 Å². The van der Waals surface area contributed by atoms with Gasteiger partial charge in [0.05, 0.1) is 18.9 Å². The molecule has 8 nitrogen and oxygen atoms in total. The van der Waals surface area contributed by atoms with Gasteiger partial charge < -0.3 is 19.5 Å². The van der Waals surface area contributed by atoms with E-state index in [4.69, 9.17) is 14.2 Å². The molecule has 0 saturated carbocycles. The number of ether oxygens (including phenoxy) is 3. The van der Waals surface area contributed by atoms with Crippen molar-refractivity contribution in [2.75, 3.05) is 31.7 Å². The van der Waals surface area contributed by atoms with Crippen molar-refractivity contribution in [3.8, 4) is 23.1 Å². The molecule has 0 bridgehead atoms. The highest BCUT2D eigenvalue weighted by Gasteiger charge is 2.16. The number of hydrogen-bond donors (Lipinski definition) is 1. The molecule has 0 spiro atoms. The van der Waals surface area contributed by atoms with Crippen LogP contribution in [-0.2, 0) is 20.9 Å². The SMILES string of the molecule is CCOCCOc1nc(-c2ccccc2C)n(-c2ccc(NC(=O)COCc3ccccc3)cc2)n1. The van der Waals surface area contributed by atoms with Gasteiger partial charge in [0.2, 0.25) is 5.91 Å². The van der Waals surface area contributed by atoms with Gasteiger partial charge in [-0.05, 0) is 49.2 Å². The number of hydrogen-bond acceptors (Lipinski definition) is 6. The number of aryl methyl sites for hydroxylation is 1. The average molecular weight is 487 g/mol. The van der Waals surface area contributed by atoms with Crippen LogP contribution in [0, 0.1) is 6.92 Å². The molecule has 0 saturated heterocycles. The maximum atomic E-state index is 12.3. The normalized spacial score (nSPS) is 10.8. The summed E-state index contributed by atoms with van der Waals surface area (Å²) in [5.41, 5.74) is 4.51. The molecule has 3 aromatic carbocycles. The van der Waals surface area contributed by atoms with Crippen molar-refractivity contribution in [3.63, 3.8) is 0 Å². The molecule has 1 aromatic heterocycles. The van der Waals surface area contributed by atoms with Gasteiger partial charge in [0.15, 0.2) is 5.82 Å². The van der Waals surface area contributed by atoms with Crippen LogP contribution < -0.4 is 10.1 Å². The fourth-order valence-corrected chi connectivity index (χ4v) is 3.59. The lowest BCUT2D eigenvalue weighted by atomic mass is 10.1. The van der Waals surface area contributed by atoms with Gasteiger partial charge in [0.25, 0.3) is 0 Å². The van der Waals surface area contributed by atoms with E-state index in [9.17, 15) is 4.79 Å². The largest absolute Gasteiger partial charge is 0.460 e. The molecule has 0 unspecified atom stereocenters. The van der Waals surface area contributed by atoms with Gasteiger partial charge in [-0.15, -0.1) is 5.10 Å². The summed E-state index contributed by atoms with van der Waals surface area (Å²) in [5, 5.41) is 7.44. The second-order valence-electron chi connectivity index (χ2n) is 8.06. The van der Waals surface area contributed by atoms with Crippen LogP contribution in [-0.4, -0.2) is 47.1 Å². The molecule has 0 radical (unpaired) electrons. The summed E-state index contributed by atoms with van der Waals surface area (Å²) in [4.78, 5) is 16.9. The van der Waals surface area contributed by atoms with E-state index in [1.807, 2.05) is 92.7 Å².